The second kappa shape index (κ2) is 5.45. The number of rotatable bonds is 4. The zero-order chi connectivity index (χ0) is 6.41. The topological polar surface area (TPSA) is 12.0 Å². The average molecular weight is 133 g/mol. The molecule has 0 aliphatic heterocycles. The third-order valence-electron chi connectivity index (χ3n) is 1.11. The van der Waals surface area contributed by atoms with Gasteiger partial charge in [0.05, 0.1) is 0 Å². The van der Waals surface area contributed by atoms with Crippen LogP contribution in [0, 0.1) is 0 Å². The molecule has 1 atom stereocenters. The van der Waals surface area contributed by atoms with Crippen LogP contribution >= 0.6 is 12.6 Å². The van der Waals surface area contributed by atoms with Gasteiger partial charge in [-0.3, -0.25) is 0 Å². The van der Waals surface area contributed by atoms with Crippen LogP contribution in [-0.4, -0.2) is 18.3 Å². The fourth-order valence-corrected chi connectivity index (χ4v) is 1.03. The minimum Gasteiger partial charge on any atom is -0.315 e. The van der Waals surface area contributed by atoms with Gasteiger partial charge in [0.2, 0.25) is 0 Å². The molecule has 0 saturated carbocycles. The Bertz CT molecular complexity index is 41.8. The van der Waals surface area contributed by atoms with Crippen molar-refractivity contribution in [2.24, 2.45) is 0 Å². The Kier molecular flexibility index (Phi) is 5.66. The summed E-state index contributed by atoms with van der Waals surface area (Å²) in [6, 6.07) is 0.637. The van der Waals surface area contributed by atoms with Crippen LogP contribution in [0.5, 0.6) is 0 Å². The van der Waals surface area contributed by atoms with E-state index in [0.717, 1.165) is 18.7 Å². The third-order valence-corrected chi connectivity index (χ3v) is 1.37. The highest BCUT2D eigenvalue weighted by Crippen LogP contribution is 1.90. The Hall–Kier alpha value is 0.310. The van der Waals surface area contributed by atoms with Gasteiger partial charge in [-0.2, -0.15) is 12.6 Å². The third kappa shape index (κ3) is 4.47. The van der Waals surface area contributed by atoms with E-state index in [9.17, 15) is 0 Å². The van der Waals surface area contributed by atoms with Crippen LogP contribution in [0.3, 0.4) is 0 Å². The molecule has 0 radical (unpaired) electrons. The summed E-state index contributed by atoms with van der Waals surface area (Å²) < 4.78 is 0. The van der Waals surface area contributed by atoms with E-state index in [-0.39, 0.29) is 0 Å². The fraction of sp³-hybridized carbons (Fsp3) is 1.00. The van der Waals surface area contributed by atoms with Crippen molar-refractivity contribution >= 4 is 12.6 Å². The molecule has 0 aliphatic rings. The van der Waals surface area contributed by atoms with Crippen molar-refractivity contribution in [2.45, 2.75) is 26.3 Å². The largest absolute Gasteiger partial charge is 0.315 e. The Morgan fingerprint density at radius 3 is 2.62 bits per heavy atom. The molecule has 0 aromatic rings. The van der Waals surface area contributed by atoms with Crippen LogP contribution < -0.4 is 5.32 Å². The van der Waals surface area contributed by atoms with E-state index in [1.165, 1.54) is 0 Å². The molecule has 0 spiro atoms. The summed E-state index contributed by atoms with van der Waals surface area (Å²) >= 11 is 4.11. The molecule has 50 valence electrons. The van der Waals surface area contributed by atoms with Gasteiger partial charge in [-0.1, -0.05) is 6.92 Å². The summed E-state index contributed by atoms with van der Waals surface area (Å²) in [5.74, 6) is 0.980. The molecule has 1 nitrogen and oxygen atoms in total. The van der Waals surface area contributed by atoms with Crippen molar-refractivity contribution in [2.75, 3.05) is 12.3 Å². The summed E-state index contributed by atoms with van der Waals surface area (Å²) in [5.41, 5.74) is 0. The number of nitrogens with one attached hydrogen (secondary N) is 1. The molecule has 0 amide bonds. The van der Waals surface area contributed by atoms with E-state index in [1.54, 1.807) is 0 Å². The normalized spacial score (nSPS) is 13.9. The molecule has 0 bridgehead atoms. The summed E-state index contributed by atoms with van der Waals surface area (Å²) in [5, 5.41) is 3.30. The quantitative estimate of drug-likeness (QED) is 0.551. The second-order valence-corrected chi connectivity index (χ2v) is 2.42. The highest BCUT2D eigenvalue weighted by Gasteiger charge is 1.94. The lowest BCUT2D eigenvalue weighted by Crippen LogP contribution is -2.25. The maximum absolute atomic E-state index is 4.11. The van der Waals surface area contributed by atoms with Crippen molar-refractivity contribution in [3.8, 4) is 0 Å². The smallest absolute Gasteiger partial charge is 0.00463 e. The van der Waals surface area contributed by atoms with Crippen LogP contribution in [0.1, 0.15) is 20.3 Å². The van der Waals surface area contributed by atoms with E-state index in [1.807, 2.05) is 0 Å². The molecule has 0 fully saturated rings. The van der Waals surface area contributed by atoms with Crippen LogP contribution in [-0.2, 0) is 0 Å². The van der Waals surface area contributed by atoms with Crippen LogP contribution in [0.4, 0.5) is 0 Å². The second-order valence-electron chi connectivity index (χ2n) is 1.97. The van der Waals surface area contributed by atoms with E-state index in [0.29, 0.717) is 6.04 Å². The van der Waals surface area contributed by atoms with Gasteiger partial charge in [0, 0.05) is 6.04 Å². The van der Waals surface area contributed by atoms with E-state index < -0.39 is 0 Å². The van der Waals surface area contributed by atoms with Crippen LogP contribution in [0.2, 0.25) is 0 Å². The van der Waals surface area contributed by atoms with Gasteiger partial charge >= 0.3 is 0 Å². The van der Waals surface area contributed by atoms with E-state index in [2.05, 4.69) is 31.8 Å². The minimum atomic E-state index is 0.637. The van der Waals surface area contributed by atoms with Gasteiger partial charge in [-0.25, -0.2) is 0 Å². The SMILES string of the molecule is CCNC(C)CCS. The molecular formula is C6H15NS. The number of hydrogen-bond donors (Lipinski definition) is 2. The Morgan fingerprint density at radius 2 is 2.25 bits per heavy atom. The predicted molar refractivity (Wildman–Crippen MR) is 41.6 cm³/mol. The Balaban J connectivity index is 2.92. The zero-order valence-corrected chi connectivity index (χ0v) is 6.54. The van der Waals surface area contributed by atoms with Gasteiger partial charge < -0.3 is 5.32 Å². The van der Waals surface area contributed by atoms with Gasteiger partial charge in [0.25, 0.3) is 0 Å². The summed E-state index contributed by atoms with van der Waals surface area (Å²) in [4.78, 5) is 0. The minimum absolute atomic E-state index is 0.637. The standard InChI is InChI=1S/C6H15NS/c1-3-7-6(2)4-5-8/h6-8H,3-5H2,1-2H3. The summed E-state index contributed by atoms with van der Waals surface area (Å²) in [7, 11) is 0. The first-order chi connectivity index (χ1) is 3.81. The van der Waals surface area contributed by atoms with Gasteiger partial charge in [-0.15, -0.1) is 0 Å². The fourth-order valence-electron chi connectivity index (χ4n) is 0.644. The highest BCUT2D eigenvalue weighted by atomic mass is 32.1. The maximum atomic E-state index is 4.11. The lowest BCUT2D eigenvalue weighted by molar-refractivity contribution is 0.557. The molecule has 1 unspecified atom stereocenters. The molecule has 1 N–H and O–H groups in total. The molecule has 2 heteroatoms. The first-order valence-corrected chi connectivity index (χ1v) is 3.78. The van der Waals surface area contributed by atoms with E-state index >= 15 is 0 Å². The summed E-state index contributed by atoms with van der Waals surface area (Å²) in [6.07, 6.45) is 1.16. The van der Waals surface area contributed by atoms with Gasteiger partial charge in [0.15, 0.2) is 0 Å². The Labute approximate surface area is 57.3 Å². The van der Waals surface area contributed by atoms with Gasteiger partial charge in [-0.05, 0) is 25.6 Å². The predicted octanol–water partition coefficient (Wildman–Crippen LogP) is 1.30. The van der Waals surface area contributed by atoms with Gasteiger partial charge in [0.1, 0.15) is 0 Å². The molecular weight excluding hydrogens is 118 g/mol. The lowest BCUT2D eigenvalue weighted by atomic mass is 10.3. The van der Waals surface area contributed by atoms with Crippen molar-refractivity contribution in [3.63, 3.8) is 0 Å². The monoisotopic (exact) mass is 133 g/mol. The van der Waals surface area contributed by atoms with Crippen molar-refractivity contribution in [3.05, 3.63) is 0 Å². The maximum Gasteiger partial charge on any atom is 0.00463 e. The first kappa shape index (κ1) is 8.31. The molecule has 0 aromatic carbocycles. The van der Waals surface area contributed by atoms with Crippen molar-refractivity contribution < 1.29 is 0 Å². The molecule has 0 aromatic heterocycles. The molecule has 0 heterocycles. The number of thiol groups is 1. The summed E-state index contributed by atoms with van der Waals surface area (Å²) in [6.45, 7) is 5.36. The van der Waals surface area contributed by atoms with Crippen LogP contribution in [0.25, 0.3) is 0 Å². The molecule has 0 saturated heterocycles. The van der Waals surface area contributed by atoms with Crippen molar-refractivity contribution in [1.29, 1.82) is 0 Å². The average Bonchev–Trinajstić information content (AvgIpc) is 1.68. The Morgan fingerprint density at radius 1 is 1.62 bits per heavy atom. The molecule has 0 rings (SSSR count). The van der Waals surface area contributed by atoms with Crippen LogP contribution in [0.15, 0.2) is 0 Å². The highest BCUT2D eigenvalue weighted by molar-refractivity contribution is 7.80. The number of hydrogen-bond acceptors (Lipinski definition) is 2. The first-order valence-electron chi connectivity index (χ1n) is 3.15. The zero-order valence-electron chi connectivity index (χ0n) is 5.65. The molecule has 8 heavy (non-hydrogen) atoms. The lowest BCUT2D eigenvalue weighted by Gasteiger charge is -2.08. The van der Waals surface area contributed by atoms with Crippen molar-refractivity contribution in [1.82, 2.24) is 5.32 Å². The molecule has 0 aliphatic carbocycles. The van der Waals surface area contributed by atoms with E-state index in [4.69, 9.17) is 0 Å².